The van der Waals surface area contributed by atoms with Crippen LogP contribution in [0.25, 0.3) is 6.08 Å². The third-order valence-electron chi connectivity index (χ3n) is 4.33. The van der Waals surface area contributed by atoms with Gasteiger partial charge in [0.25, 0.3) is 0 Å². The molecular formula is C19H20NO3-. The highest BCUT2D eigenvalue weighted by atomic mass is 16.5. The van der Waals surface area contributed by atoms with Crippen LogP contribution in [0.1, 0.15) is 5.56 Å². The second kappa shape index (κ2) is 5.97. The number of rotatable bonds is 3. The lowest BCUT2D eigenvalue weighted by atomic mass is 9.78. The number of hydrogen-bond donors (Lipinski definition) is 0. The van der Waals surface area contributed by atoms with Gasteiger partial charge in [-0.25, -0.2) is 0 Å². The maximum Gasteiger partial charge on any atom is 0.248 e. The van der Waals surface area contributed by atoms with Crippen LogP contribution in [-0.2, 0) is 9.53 Å². The van der Waals surface area contributed by atoms with Gasteiger partial charge in [0.15, 0.2) is 0 Å². The number of ether oxygens (including phenoxy) is 2. The summed E-state index contributed by atoms with van der Waals surface area (Å²) in [4.78, 5) is 14.3. The third kappa shape index (κ3) is 2.78. The summed E-state index contributed by atoms with van der Waals surface area (Å²) >= 11 is 0. The van der Waals surface area contributed by atoms with Gasteiger partial charge in [0.2, 0.25) is 5.91 Å². The minimum atomic E-state index is -0.395. The van der Waals surface area contributed by atoms with Gasteiger partial charge in [-0.15, -0.1) is 12.2 Å². The highest BCUT2D eigenvalue weighted by Crippen LogP contribution is 2.42. The second-order valence-corrected chi connectivity index (χ2v) is 5.81. The average molecular weight is 310 g/mol. The summed E-state index contributed by atoms with van der Waals surface area (Å²) in [6.45, 7) is 0.637. The van der Waals surface area contributed by atoms with E-state index < -0.39 is 5.41 Å². The van der Waals surface area contributed by atoms with Gasteiger partial charge in [0, 0.05) is 26.3 Å². The zero-order valence-electron chi connectivity index (χ0n) is 13.6. The predicted molar refractivity (Wildman–Crippen MR) is 89.6 cm³/mol. The number of nitrogens with zero attached hydrogens (tertiary/aromatic N) is 1. The number of methoxy groups -OCH3 is 2. The molecule has 120 valence electrons. The van der Waals surface area contributed by atoms with E-state index in [9.17, 15) is 4.79 Å². The first kappa shape index (κ1) is 15.4. The fraction of sp³-hybridized carbons (Fsp3) is 0.263. The van der Waals surface area contributed by atoms with Crippen molar-refractivity contribution in [1.82, 2.24) is 4.90 Å². The molecule has 2 aliphatic rings. The molecular weight excluding hydrogens is 290 g/mol. The zero-order chi connectivity index (χ0) is 16.4. The molecule has 1 fully saturated rings. The largest absolute Gasteiger partial charge is 0.497 e. The Bertz CT molecular complexity index is 671. The minimum absolute atomic E-state index is 0.0518. The van der Waals surface area contributed by atoms with Crippen molar-refractivity contribution in [1.29, 1.82) is 0 Å². The van der Waals surface area contributed by atoms with Gasteiger partial charge < -0.3 is 14.4 Å². The molecule has 23 heavy (non-hydrogen) atoms. The summed E-state index contributed by atoms with van der Waals surface area (Å²) in [5, 5.41) is 0. The lowest BCUT2D eigenvalue weighted by Crippen LogP contribution is -2.24. The van der Waals surface area contributed by atoms with Gasteiger partial charge in [-0.2, -0.15) is 12.2 Å². The van der Waals surface area contributed by atoms with Crippen LogP contribution in [0.4, 0.5) is 0 Å². The van der Waals surface area contributed by atoms with Gasteiger partial charge in [-0.05, 0) is 35.3 Å². The van der Waals surface area contributed by atoms with Crippen molar-refractivity contribution in [2.24, 2.45) is 5.41 Å². The van der Waals surface area contributed by atoms with Crippen LogP contribution in [0.2, 0.25) is 0 Å². The maximum absolute atomic E-state index is 12.6. The van der Waals surface area contributed by atoms with E-state index in [0.717, 1.165) is 23.0 Å². The standard InChI is InChI=1S/C19H20NO3/c1-20-13-19(10-8-16(23-3)9-11-19)17(18(20)21)12-14-4-6-15(22-2)7-5-14/h4-12H,13H2,1-3H3/q-1/b17-12+. The molecule has 0 bridgehead atoms. The molecule has 4 nitrogen and oxygen atoms in total. The summed E-state index contributed by atoms with van der Waals surface area (Å²) in [6.07, 6.45) is 10.7. The van der Waals surface area contributed by atoms with Crippen LogP contribution in [0.3, 0.4) is 0 Å². The van der Waals surface area contributed by atoms with E-state index in [-0.39, 0.29) is 5.91 Å². The molecule has 0 atom stereocenters. The molecule has 0 aromatic heterocycles. The Kier molecular flexibility index (Phi) is 4.01. The van der Waals surface area contributed by atoms with Crippen LogP contribution >= 0.6 is 0 Å². The topological polar surface area (TPSA) is 38.8 Å². The van der Waals surface area contributed by atoms with Gasteiger partial charge >= 0.3 is 0 Å². The summed E-state index contributed by atoms with van der Waals surface area (Å²) in [6, 6.07) is 7.69. The van der Waals surface area contributed by atoms with Crippen molar-refractivity contribution in [2.45, 2.75) is 0 Å². The molecule has 1 heterocycles. The van der Waals surface area contributed by atoms with Crippen molar-refractivity contribution in [3.63, 3.8) is 0 Å². The Hall–Kier alpha value is -2.46. The van der Waals surface area contributed by atoms with Crippen LogP contribution in [-0.4, -0.2) is 38.6 Å². The first-order valence-corrected chi connectivity index (χ1v) is 7.49. The van der Waals surface area contributed by atoms with Gasteiger partial charge in [0.05, 0.1) is 7.11 Å². The summed E-state index contributed by atoms with van der Waals surface area (Å²) in [7, 11) is 5.11. The third-order valence-corrected chi connectivity index (χ3v) is 4.33. The van der Waals surface area contributed by atoms with E-state index in [1.807, 2.05) is 61.7 Å². The van der Waals surface area contributed by atoms with Crippen LogP contribution in [0.5, 0.6) is 5.75 Å². The molecule has 1 aromatic rings. The summed E-state index contributed by atoms with van der Waals surface area (Å²) in [5.41, 5.74) is 1.35. The predicted octanol–water partition coefficient (Wildman–Crippen LogP) is 2.84. The number of likely N-dealkylation sites (N-methyl/N-ethyl adjacent to an activating group) is 1. The Balaban J connectivity index is 1.98. The molecule has 0 radical (unpaired) electrons. The van der Waals surface area contributed by atoms with Crippen LogP contribution < -0.4 is 4.74 Å². The normalized spacial score (nSPS) is 20.8. The van der Waals surface area contributed by atoms with Crippen LogP contribution in [0, 0.1) is 11.5 Å². The van der Waals surface area contributed by atoms with Crippen molar-refractivity contribution >= 4 is 12.0 Å². The highest BCUT2D eigenvalue weighted by Gasteiger charge is 2.39. The number of likely N-dealkylation sites (tertiary alicyclic amines) is 1. The van der Waals surface area contributed by atoms with Crippen molar-refractivity contribution < 1.29 is 14.3 Å². The lowest BCUT2D eigenvalue weighted by Gasteiger charge is -2.33. The number of amides is 1. The van der Waals surface area contributed by atoms with E-state index in [1.165, 1.54) is 0 Å². The SMILES string of the molecule is COc1ccc(/C=C2\C(=O)N(C)CC23C=C[C-](OC)C=C3)cc1. The Morgan fingerprint density at radius 1 is 1.17 bits per heavy atom. The molecule has 1 aliphatic carbocycles. The Morgan fingerprint density at radius 2 is 1.83 bits per heavy atom. The fourth-order valence-corrected chi connectivity index (χ4v) is 3.01. The molecule has 1 aromatic carbocycles. The zero-order valence-corrected chi connectivity index (χ0v) is 13.6. The van der Waals surface area contributed by atoms with Crippen molar-refractivity contribution in [3.8, 4) is 5.75 Å². The Labute approximate surface area is 136 Å². The lowest BCUT2D eigenvalue weighted by molar-refractivity contribution is -0.123. The van der Waals surface area contributed by atoms with Crippen molar-refractivity contribution in [2.75, 3.05) is 27.8 Å². The smallest absolute Gasteiger partial charge is 0.248 e. The first-order chi connectivity index (χ1) is 11.1. The molecule has 0 saturated carbocycles. The molecule has 4 heteroatoms. The number of hydrogen-bond acceptors (Lipinski definition) is 3. The van der Waals surface area contributed by atoms with E-state index in [0.29, 0.717) is 6.54 Å². The van der Waals surface area contributed by atoms with E-state index in [4.69, 9.17) is 9.47 Å². The molecule has 1 aliphatic heterocycles. The molecule has 0 unspecified atom stereocenters. The van der Waals surface area contributed by atoms with Gasteiger partial charge in [-0.3, -0.25) is 4.79 Å². The number of benzene rings is 1. The monoisotopic (exact) mass is 310 g/mol. The van der Waals surface area contributed by atoms with Gasteiger partial charge in [0.1, 0.15) is 5.75 Å². The summed E-state index contributed by atoms with van der Waals surface area (Å²) in [5.74, 6) is 0.851. The molecule has 0 N–H and O–H groups in total. The molecule has 1 amide bonds. The number of carbonyl (C=O) groups excluding carboxylic acids is 1. The number of carbonyl (C=O) groups is 1. The average Bonchev–Trinajstić information content (AvgIpc) is 2.81. The Morgan fingerprint density at radius 3 is 2.39 bits per heavy atom. The first-order valence-electron chi connectivity index (χ1n) is 7.49. The summed E-state index contributed by atoms with van der Waals surface area (Å²) < 4.78 is 10.4. The molecule has 1 saturated heterocycles. The quantitative estimate of drug-likeness (QED) is 0.636. The van der Waals surface area contributed by atoms with Gasteiger partial charge in [-0.1, -0.05) is 12.1 Å². The maximum atomic E-state index is 12.6. The minimum Gasteiger partial charge on any atom is -0.497 e. The second-order valence-electron chi connectivity index (χ2n) is 5.81. The van der Waals surface area contributed by atoms with E-state index in [2.05, 4.69) is 0 Å². The molecule has 1 spiro atoms. The van der Waals surface area contributed by atoms with E-state index >= 15 is 0 Å². The fourth-order valence-electron chi connectivity index (χ4n) is 3.01. The van der Waals surface area contributed by atoms with Crippen LogP contribution in [0.15, 0.2) is 54.1 Å². The molecule has 3 rings (SSSR count). The highest BCUT2D eigenvalue weighted by molar-refractivity contribution is 6.02. The van der Waals surface area contributed by atoms with Crippen molar-refractivity contribution in [3.05, 3.63) is 65.8 Å². The van der Waals surface area contributed by atoms with E-state index in [1.54, 1.807) is 19.1 Å².